The van der Waals surface area contributed by atoms with Crippen molar-refractivity contribution < 1.29 is 23.6 Å². The minimum absolute atomic E-state index is 0.0552. The number of thioether (sulfide) groups is 1. The predicted molar refractivity (Wildman–Crippen MR) is 146 cm³/mol. The van der Waals surface area contributed by atoms with E-state index in [0.717, 1.165) is 55.1 Å². The number of carbonyl (C=O) groups is 2. The summed E-state index contributed by atoms with van der Waals surface area (Å²) in [5, 5.41) is 3.40. The first-order valence-electron chi connectivity index (χ1n) is 13.3. The third kappa shape index (κ3) is 8.32. The molecule has 0 bridgehead atoms. The topological polar surface area (TPSA) is 103 Å². The average molecular weight is 535 g/mol. The lowest BCUT2D eigenvalue weighted by molar-refractivity contribution is -0.134. The van der Waals surface area contributed by atoms with Crippen LogP contribution >= 0.6 is 11.8 Å². The van der Waals surface area contributed by atoms with Crippen molar-refractivity contribution in [3.8, 4) is 0 Å². The van der Waals surface area contributed by atoms with Crippen molar-refractivity contribution in [1.82, 2.24) is 20.2 Å². The van der Waals surface area contributed by atoms with Crippen molar-refractivity contribution in [3.63, 3.8) is 0 Å². The number of ether oxygens (including phenoxy) is 1. The van der Waals surface area contributed by atoms with Crippen LogP contribution in [0.5, 0.6) is 0 Å². The van der Waals surface area contributed by atoms with Gasteiger partial charge in [0.15, 0.2) is 5.16 Å². The van der Waals surface area contributed by atoms with E-state index in [9.17, 15) is 9.59 Å². The maximum Gasteiger partial charge on any atom is 0.498 e. The fourth-order valence-electron chi connectivity index (χ4n) is 4.36. The van der Waals surface area contributed by atoms with Crippen LogP contribution in [-0.2, 0) is 18.8 Å². The quantitative estimate of drug-likeness (QED) is 0.233. The molecule has 1 N–H and O–H groups in total. The molecule has 0 radical (unpaired) electrons. The van der Waals surface area contributed by atoms with Crippen LogP contribution in [0.3, 0.4) is 0 Å². The van der Waals surface area contributed by atoms with Crippen LogP contribution in [0.25, 0.3) is 0 Å². The van der Waals surface area contributed by atoms with E-state index in [1.165, 1.54) is 0 Å². The Morgan fingerprint density at radius 3 is 2.43 bits per heavy atom. The van der Waals surface area contributed by atoms with Crippen molar-refractivity contribution in [2.75, 3.05) is 18.8 Å². The number of nitrogens with one attached hydrogen (secondary N) is 1. The molecule has 2 saturated heterocycles. The second kappa shape index (κ2) is 11.9. The smallest absolute Gasteiger partial charge is 0.444 e. The minimum atomic E-state index is -0.610. The molecule has 2 fully saturated rings. The lowest BCUT2D eigenvalue weighted by atomic mass is 9.81. The van der Waals surface area contributed by atoms with Crippen LogP contribution < -0.4 is 10.8 Å². The Bertz CT molecular complexity index is 922. The maximum absolute atomic E-state index is 12.9. The zero-order valence-electron chi connectivity index (χ0n) is 23.6. The summed E-state index contributed by atoms with van der Waals surface area (Å²) in [6, 6.07) is -0.610. The Kier molecular flexibility index (Phi) is 9.56. The second-order valence-electron chi connectivity index (χ2n) is 12.0. The fourth-order valence-corrected chi connectivity index (χ4v) is 5.11. The molecule has 2 atom stereocenters. The first-order chi connectivity index (χ1) is 17.2. The van der Waals surface area contributed by atoms with Gasteiger partial charge in [0.2, 0.25) is 5.91 Å². The number of amides is 2. The molecule has 0 aliphatic carbocycles. The summed E-state index contributed by atoms with van der Waals surface area (Å²) in [6.07, 6.45) is 7.16. The number of piperidine rings is 1. The molecule has 3 rings (SSSR count). The number of hydrogen-bond acceptors (Lipinski definition) is 8. The van der Waals surface area contributed by atoms with Crippen molar-refractivity contribution in [3.05, 3.63) is 12.4 Å². The Morgan fingerprint density at radius 1 is 1.22 bits per heavy atom. The highest BCUT2D eigenvalue weighted by Crippen LogP contribution is 2.36. The Balaban J connectivity index is 1.39. The SMILES string of the molecule is C[C@@H](NC(=O)OC(C)(C)C)C(=O)N1CCC[C@H](CCCSc2ncc(B3OC(C)(C)C(C)(C)O3)cn2)C1. The zero-order valence-corrected chi connectivity index (χ0v) is 24.4. The van der Waals surface area contributed by atoms with Crippen LogP contribution in [0.4, 0.5) is 4.79 Å². The summed E-state index contributed by atoms with van der Waals surface area (Å²) < 4.78 is 17.4. The minimum Gasteiger partial charge on any atom is -0.444 e. The van der Waals surface area contributed by atoms with E-state index >= 15 is 0 Å². The first-order valence-corrected chi connectivity index (χ1v) is 14.2. The average Bonchev–Trinajstić information content (AvgIpc) is 3.02. The third-order valence-electron chi connectivity index (χ3n) is 7.10. The van der Waals surface area contributed by atoms with Crippen molar-refractivity contribution in [1.29, 1.82) is 0 Å². The van der Waals surface area contributed by atoms with E-state index in [1.54, 1.807) is 51.9 Å². The highest BCUT2D eigenvalue weighted by atomic mass is 32.2. The van der Waals surface area contributed by atoms with E-state index in [1.807, 2.05) is 32.6 Å². The summed E-state index contributed by atoms with van der Waals surface area (Å²) in [5.41, 5.74) is -0.555. The van der Waals surface area contributed by atoms with Crippen LogP contribution in [0.2, 0.25) is 0 Å². The number of nitrogens with zero attached hydrogens (tertiary/aromatic N) is 3. The normalized spacial score (nSPS) is 22.0. The highest BCUT2D eigenvalue weighted by molar-refractivity contribution is 7.99. The summed E-state index contributed by atoms with van der Waals surface area (Å²) >= 11 is 1.64. The number of rotatable bonds is 8. The van der Waals surface area contributed by atoms with Crippen molar-refractivity contribution >= 4 is 36.3 Å². The molecule has 1 aromatic rings. The van der Waals surface area contributed by atoms with Gasteiger partial charge in [-0.2, -0.15) is 0 Å². The summed E-state index contributed by atoms with van der Waals surface area (Å²) in [4.78, 5) is 35.8. The van der Waals surface area contributed by atoms with Crippen LogP contribution in [0, 0.1) is 5.92 Å². The van der Waals surface area contributed by atoms with Gasteiger partial charge in [-0.25, -0.2) is 14.8 Å². The molecule has 0 saturated carbocycles. The maximum atomic E-state index is 12.9. The Hall–Kier alpha value is -1.85. The molecule has 206 valence electrons. The molecule has 0 aromatic carbocycles. The van der Waals surface area contributed by atoms with E-state index in [-0.39, 0.29) is 5.91 Å². The summed E-state index contributed by atoms with van der Waals surface area (Å²) in [6.45, 7) is 16.7. The standard InChI is InChI=1S/C26H43BN4O5S/c1-18(30-23(33)34-24(2,3)4)21(32)31-13-9-11-19(17-31)12-10-14-37-22-28-15-20(16-29-22)27-35-25(5,6)26(7,8)36-27/h15-16,18-19H,9-14,17H2,1-8H3,(H,30,33)/t18-,19-/m1/s1. The van der Waals surface area contributed by atoms with Gasteiger partial charge in [0, 0.05) is 36.7 Å². The van der Waals surface area contributed by atoms with Gasteiger partial charge in [-0.3, -0.25) is 4.79 Å². The number of likely N-dealkylation sites (tertiary alicyclic amines) is 1. The molecule has 2 aliphatic heterocycles. The first kappa shape index (κ1) is 29.7. The largest absolute Gasteiger partial charge is 0.498 e. The van der Waals surface area contributed by atoms with Crippen LogP contribution in [0.15, 0.2) is 17.6 Å². The van der Waals surface area contributed by atoms with Gasteiger partial charge in [-0.15, -0.1) is 0 Å². The van der Waals surface area contributed by atoms with Crippen molar-refractivity contribution in [2.24, 2.45) is 5.92 Å². The molecule has 2 amide bonds. The van der Waals surface area contributed by atoms with E-state index < -0.39 is 36.1 Å². The van der Waals surface area contributed by atoms with Gasteiger partial charge < -0.3 is 24.3 Å². The number of aromatic nitrogens is 2. The van der Waals surface area contributed by atoms with E-state index in [0.29, 0.717) is 5.92 Å². The van der Waals surface area contributed by atoms with Gasteiger partial charge in [-0.1, -0.05) is 11.8 Å². The molecule has 2 aliphatic rings. The summed E-state index contributed by atoms with van der Waals surface area (Å²) in [7, 11) is -0.455. The number of carbonyl (C=O) groups excluding carboxylic acids is 2. The van der Waals surface area contributed by atoms with Gasteiger partial charge in [0.05, 0.1) is 11.2 Å². The van der Waals surface area contributed by atoms with Gasteiger partial charge >= 0.3 is 13.2 Å². The van der Waals surface area contributed by atoms with Gasteiger partial charge in [-0.05, 0) is 87.0 Å². The lowest BCUT2D eigenvalue weighted by Crippen LogP contribution is -2.50. The number of hydrogen-bond donors (Lipinski definition) is 1. The Morgan fingerprint density at radius 2 is 1.84 bits per heavy atom. The zero-order chi connectivity index (χ0) is 27.4. The highest BCUT2D eigenvalue weighted by Gasteiger charge is 2.52. The molecule has 37 heavy (non-hydrogen) atoms. The molecule has 3 heterocycles. The predicted octanol–water partition coefficient (Wildman–Crippen LogP) is 3.80. The van der Waals surface area contributed by atoms with E-state index in [4.69, 9.17) is 14.0 Å². The second-order valence-corrected chi connectivity index (χ2v) is 13.1. The fraction of sp³-hybridized carbons (Fsp3) is 0.769. The summed E-state index contributed by atoms with van der Waals surface area (Å²) in [5.74, 6) is 1.32. The Labute approximate surface area is 226 Å². The van der Waals surface area contributed by atoms with Crippen LogP contribution in [-0.4, -0.2) is 75.7 Å². The molecule has 11 heteroatoms. The third-order valence-corrected chi connectivity index (χ3v) is 8.06. The van der Waals surface area contributed by atoms with Crippen LogP contribution in [0.1, 0.15) is 81.1 Å². The molecular formula is C26H43BN4O5S. The van der Waals surface area contributed by atoms with Gasteiger partial charge in [0.1, 0.15) is 11.6 Å². The van der Waals surface area contributed by atoms with Crippen molar-refractivity contribution in [2.45, 2.75) is 109 Å². The molecule has 0 spiro atoms. The molecule has 9 nitrogen and oxygen atoms in total. The lowest BCUT2D eigenvalue weighted by Gasteiger charge is -2.34. The van der Waals surface area contributed by atoms with E-state index in [2.05, 4.69) is 15.3 Å². The number of alkyl carbamates (subject to hydrolysis) is 1. The molecule has 1 aromatic heterocycles. The molecule has 0 unspecified atom stereocenters. The molecular weight excluding hydrogens is 491 g/mol. The van der Waals surface area contributed by atoms with Gasteiger partial charge in [0.25, 0.3) is 0 Å². The monoisotopic (exact) mass is 534 g/mol.